The molecule has 2 aromatic heterocycles. The van der Waals surface area contributed by atoms with E-state index >= 15 is 0 Å². The molecule has 0 radical (unpaired) electrons. The summed E-state index contributed by atoms with van der Waals surface area (Å²) >= 11 is 0. The maximum absolute atomic E-state index is 5.08. The minimum atomic E-state index is 0.362. The SMILES string of the molecule is c1cc2c(cc1-c1ccc3nc(C4CCCN4)[nH]c3c1)CCCc1[nH]c(C3CCCN3)nc1-2. The quantitative estimate of drug-likeness (QED) is 0.365. The molecule has 1 aliphatic carbocycles. The summed E-state index contributed by atoms with van der Waals surface area (Å²) in [6, 6.07) is 14.3. The zero-order valence-electron chi connectivity index (χ0n) is 18.9. The molecule has 7 rings (SSSR count). The number of H-pyrrole nitrogens is 2. The highest BCUT2D eigenvalue weighted by atomic mass is 15.1. The minimum absolute atomic E-state index is 0.362. The van der Waals surface area contributed by atoms with Gasteiger partial charge >= 0.3 is 0 Å². The fraction of sp³-hybridized carbons (Fsp3) is 0.407. The summed E-state index contributed by atoms with van der Waals surface area (Å²) < 4.78 is 0. The van der Waals surface area contributed by atoms with Crippen molar-refractivity contribution in [1.82, 2.24) is 30.6 Å². The van der Waals surface area contributed by atoms with Crippen LogP contribution in [0.5, 0.6) is 0 Å². The fourth-order valence-electron chi connectivity index (χ4n) is 5.87. The smallest absolute Gasteiger partial charge is 0.124 e. The van der Waals surface area contributed by atoms with E-state index in [4.69, 9.17) is 9.97 Å². The van der Waals surface area contributed by atoms with Crippen LogP contribution < -0.4 is 10.6 Å². The van der Waals surface area contributed by atoms with Crippen LogP contribution in [0.15, 0.2) is 36.4 Å². The van der Waals surface area contributed by atoms with Gasteiger partial charge in [0.2, 0.25) is 0 Å². The average molecular weight is 439 g/mol. The number of hydrogen-bond donors (Lipinski definition) is 4. The monoisotopic (exact) mass is 438 g/mol. The highest BCUT2D eigenvalue weighted by Crippen LogP contribution is 2.36. The van der Waals surface area contributed by atoms with Gasteiger partial charge in [-0.05, 0) is 86.9 Å². The van der Waals surface area contributed by atoms with Gasteiger partial charge in [0.25, 0.3) is 0 Å². The number of aryl methyl sites for hydroxylation is 2. The first kappa shape index (κ1) is 19.5. The first-order chi connectivity index (χ1) is 16.3. The Labute approximate surface area is 193 Å². The lowest BCUT2D eigenvalue weighted by Gasteiger charge is -2.10. The van der Waals surface area contributed by atoms with Crippen LogP contribution in [0.3, 0.4) is 0 Å². The maximum atomic E-state index is 5.08. The van der Waals surface area contributed by atoms with E-state index in [2.05, 4.69) is 57.0 Å². The van der Waals surface area contributed by atoms with E-state index < -0.39 is 0 Å². The molecule has 3 aliphatic rings. The number of aromatic nitrogens is 4. The molecule has 2 aliphatic heterocycles. The predicted octanol–water partition coefficient (Wildman–Crippen LogP) is 4.96. The third-order valence-corrected chi connectivity index (χ3v) is 7.64. The molecule has 0 saturated carbocycles. The average Bonchev–Trinajstić information content (AvgIpc) is 3.64. The Kier molecular flexibility index (Phi) is 4.62. The number of rotatable bonds is 3. The van der Waals surface area contributed by atoms with E-state index in [0.29, 0.717) is 12.1 Å². The third kappa shape index (κ3) is 3.40. The van der Waals surface area contributed by atoms with Crippen molar-refractivity contribution in [1.29, 1.82) is 0 Å². The minimum Gasteiger partial charge on any atom is -0.344 e. The van der Waals surface area contributed by atoms with Gasteiger partial charge in [-0.15, -0.1) is 0 Å². The summed E-state index contributed by atoms with van der Waals surface area (Å²) in [5, 5.41) is 7.12. The van der Waals surface area contributed by atoms with Gasteiger partial charge in [0.05, 0.1) is 28.8 Å². The van der Waals surface area contributed by atoms with Crippen LogP contribution in [0.2, 0.25) is 0 Å². The molecule has 4 heterocycles. The number of imidazole rings is 2. The summed E-state index contributed by atoms with van der Waals surface area (Å²) in [4.78, 5) is 17.1. The van der Waals surface area contributed by atoms with Crippen molar-refractivity contribution in [2.45, 2.75) is 57.0 Å². The van der Waals surface area contributed by atoms with Crippen LogP contribution in [0.4, 0.5) is 0 Å². The van der Waals surface area contributed by atoms with Gasteiger partial charge in [-0.2, -0.15) is 0 Å². The standard InChI is InChI=1S/C27H30N6/c1-4-18-14-16(17-9-11-20-24(15-17)32-26(30-20)22-6-2-12-28-22)8-10-19(18)25-21(5-1)31-27(33-25)23-7-3-13-29-23/h8-11,14-15,22-23,28-29H,1-7,12-13H2,(H,30,32)(H,31,33). The second kappa shape index (κ2) is 7.82. The van der Waals surface area contributed by atoms with Gasteiger partial charge in [-0.25, -0.2) is 9.97 Å². The largest absolute Gasteiger partial charge is 0.344 e. The summed E-state index contributed by atoms with van der Waals surface area (Å²) in [5.74, 6) is 2.19. The molecule has 2 saturated heterocycles. The Morgan fingerprint density at radius 1 is 0.727 bits per heavy atom. The molecule has 6 nitrogen and oxygen atoms in total. The number of aromatic amines is 2. The summed E-state index contributed by atoms with van der Waals surface area (Å²) in [6.45, 7) is 2.17. The molecule has 33 heavy (non-hydrogen) atoms. The lowest BCUT2D eigenvalue weighted by atomic mass is 9.96. The first-order valence-corrected chi connectivity index (χ1v) is 12.5. The Hall–Kier alpha value is -2.96. The number of benzene rings is 2. The van der Waals surface area contributed by atoms with Gasteiger partial charge in [-0.1, -0.05) is 24.3 Å². The van der Waals surface area contributed by atoms with Crippen LogP contribution in [-0.2, 0) is 12.8 Å². The number of nitrogens with one attached hydrogen (secondary N) is 4. The molecule has 2 atom stereocenters. The fourth-order valence-corrected chi connectivity index (χ4v) is 5.87. The van der Waals surface area contributed by atoms with E-state index in [-0.39, 0.29) is 0 Å². The van der Waals surface area contributed by atoms with Crippen molar-refractivity contribution >= 4 is 11.0 Å². The molecule has 6 heteroatoms. The molecule has 4 N–H and O–H groups in total. The van der Waals surface area contributed by atoms with E-state index in [1.807, 2.05) is 0 Å². The van der Waals surface area contributed by atoms with Crippen molar-refractivity contribution in [3.8, 4) is 22.4 Å². The summed E-state index contributed by atoms with van der Waals surface area (Å²) in [5.41, 5.74) is 9.84. The van der Waals surface area contributed by atoms with Crippen molar-refractivity contribution < 1.29 is 0 Å². The maximum Gasteiger partial charge on any atom is 0.124 e. The van der Waals surface area contributed by atoms with E-state index in [1.54, 1.807) is 0 Å². The van der Waals surface area contributed by atoms with Gasteiger partial charge in [0.1, 0.15) is 11.6 Å². The lowest BCUT2D eigenvalue weighted by molar-refractivity contribution is 0.610. The second-order valence-electron chi connectivity index (χ2n) is 9.83. The molecule has 2 aromatic carbocycles. The van der Waals surface area contributed by atoms with Gasteiger partial charge in [-0.3, -0.25) is 0 Å². The number of nitrogens with zero attached hydrogens (tertiary/aromatic N) is 2. The Morgan fingerprint density at radius 3 is 2.27 bits per heavy atom. The molecule has 0 amide bonds. The zero-order chi connectivity index (χ0) is 21.8. The summed E-state index contributed by atoms with van der Waals surface area (Å²) in [6.07, 6.45) is 8.09. The molecule has 0 bridgehead atoms. The molecule has 168 valence electrons. The van der Waals surface area contributed by atoms with Crippen LogP contribution >= 0.6 is 0 Å². The van der Waals surface area contributed by atoms with Crippen molar-refractivity contribution in [2.24, 2.45) is 0 Å². The van der Waals surface area contributed by atoms with E-state index in [9.17, 15) is 0 Å². The van der Waals surface area contributed by atoms with Crippen molar-refractivity contribution in [3.63, 3.8) is 0 Å². The number of hydrogen-bond acceptors (Lipinski definition) is 4. The normalized spacial score (nSPS) is 22.4. The zero-order valence-corrected chi connectivity index (χ0v) is 18.9. The Morgan fingerprint density at radius 2 is 1.48 bits per heavy atom. The van der Waals surface area contributed by atoms with Crippen molar-refractivity contribution in [2.75, 3.05) is 13.1 Å². The Bertz CT molecular complexity index is 1320. The van der Waals surface area contributed by atoms with Gasteiger partial charge in [0, 0.05) is 11.3 Å². The van der Waals surface area contributed by atoms with Crippen molar-refractivity contribution in [3.05, 3.63) is 59.3 Å². The predicted molar refractivity (Wildman–Crippen MR) is 131 cm³/mol. The second-order valence-corrected chi connectivity index (χ2v) is 9.83. The highest BCUT2D eigenvalue weighted by Gasteiger charge is 2.25. The molecule has 0 spiro atoms. The van der Waals surface area contributed by atoms with E-state index in [0.717, 1.165) is 67.1 Å². The van der Waals surface area contributed by atoms with Crippen LogP contribution in [0.1, 0.15) is 67.1 Å². The van der Waals surface area contributed by atoms with Gasteiger partial charge in [0.15, 0.2) is 0 Å². The number of fused-ring (bicyclic) bond motifs is 4. The highest BCUT2D eigenvalue weighted by molar-refractivity contribution is 5.83. The molecule has 4 aromatic rings. The molecular weight excluding hydrogens is 408 g/mol. The van der Waals surface area contributed by atoms with E-state index in [1.165, 1.54) is 47.2 Å². The lowest BCUT2D eigenvalue weighted by Crippen LogP contribution is -2.14. The third-order valence-electron chi connectivity index (χ3n) is 7.64. The molecule has 2 unspecified atom stereocenters. The molecular formula is C27H30N6. The van der Waals surface area contributed by atoms with Crippen LogP contribution in [0.25, 0.3) is 33.4 Å². The Balaban J connectivity index is 1.23. The topological polar surface area (TPSA) is 81.4 Å². The summed E-state index contributed by atoms with van der Waals surface area (Å²) in [7, 11) is 0. The first-order valence-electron chi connectivity index (χ1n) is 12.5. The van der Waals surface area contributed by atoms with Crippen LogP contribution in [0, 0.1) is 0 Å². The van der Waals surface area contributed by atoms with Gasteiger partial charge < -0.3 is 20.6 Å². The molecule has 2 fully saturated rings. The van der Waals surface area contributed by atoms with Crippen LogP contribution in [-0.4, -0.2) is 33.0 Å².